The monoisotopic (exact) mass is 279 g/mol. The van der Waals surface area contributed by atoms with Crippen LogP contribution in [0, 0.1) is 0 Å². The van der Waals surface area contributed by atoms with Crippen molar-refractivity contribution in [1.29, 1.82) is 0 Å². The summed E-state index contributed by atoms with van der Waals surface area (Å²) in [7, 11) is 0. The summed E-state index contributed by atoms with van der Waals surface area (Å²) in [6, 6.07) is 4.16. The molecule has 3 aromatic heterocycles. The molecule has 0 radical (unpaired) electrons. The molecule has 4 nitrogen and oxygen atoms in total. The molecule has 1 atom stereocenters. The fraction of sp³-hybridized carbons (Fsp3) is 0.333. The van der Waals surface area contributed by atoms with Gasteiger partial charge in [-0.25, -0.2) is 4.98 Å². The Kier molecular flexibility index (Phi) is 3.15. The Balaban J connectivity index is 1.82. The van der Waals surface area contributed by atoms with Crippen LogP contribution in [-0.4, -0.2) is 19.9 Å². The molecule has 0 fully saturated rings. The zero-order chi connectivity index (χ0) is 12.5. The van der Waals surface area contributed by atoms with Crippen molar-refractivity contribution in [3.05, 3.63) is 34.5 Å². The third-order valence-corrected chi connectivity index (χ3v) is 5.05. The number of nitrogens with zero attached hydrogens (tertiary/aromatic N) is 3. The van der Waals surface area contributed by atoms with Crippen molar-refractivity contribution in [2.45, 2.75) is 26.0 Å². The lowest BCUT2D eigenvalue weighted by atomic mass is 10.2. The van der Waals surface area contributed by atoms with Gasteiger partial charge in [-0.2, -0.15) is 5.10 Å². The fourth-order valence-electron chi connectivity index (χ4n) is 1.93. The maximum Gasteiger partial charge on any atom is 0.138 e. The summed E-state index contributed by atoms with van der Waals surface area (Å²) in [6.07, 6.45) is 1.56. The van der Waals surface area contributed by atoms with Crippen LogP contribution < -0.4 is 0 Å². The van der Waals surface area contributed by atoms with E-state index in [1.165, 1.54) is 9.40 Å². The van der Waals surface area contributed by atoms with E-state index in [1.54, 1.807) is 29.0 Å². The Labute approximate surface area is 113 Å². The van der Waals surface area contributed by atoms with E-state index in [1.807, 2.05) is 11.6 Å². The Bertz CT molecular complexity index is 626. The smallest absolute Gasteiger partial charge is 0.138 e. The van der Waals surface area contributed by atoms with E-state index in [0.717, 1.165) is 17.2 Å². The van der Waals surface area contributed by atoms with Gasteiger partial charge in [-0.05, 0) is 24.4 Å². The first-order valence-electron chi connectivity index (χ1n) is 5.79. The molecule has 0 saturated heterocycles. The summed E-state index contributed by atoms with van der Waals surface area (Å²) < 4.78 is 4.30. The lowest BCUT2D eigenvalue weighted by Crippen LogP contribution is -2.08. The third kappa shape index (κ3) is 2.07. The minimum atomic E-state index is -0.496. The van der Waals surface area contributed by atoms with E-state index in [2.05, 4.69) is 27.6 Å². The zero-order valence-electron chi connectivity index (χ0n) is 9.91. The van der Waals surface area contributed by atoms with E-state index < -0.39 is 6.10 Å². The SMILES string of the molecule is CCn1ncnc1CC(O)c1cc2sccc2s1. The standard InChI is InChI=1S/C12H13N3OS2/c1-2-15-12(13-7-14-15)5-8(16)10-6-11-9(18-10)3-4-17-11/h3-4,6-8,16H,2,5H2,1H3. The van der Waals surface area contributed by atoms with Crippen molar-refractivity contribution >= 4 is 32.1 Å². The first-order chi connectivity index (χ1) is 8.78. The summed E-state index contributed by atoms with van der Waals surface area (Å²) in [5.41, 5.74) is 0. The van der Waals surface area contributed by atoms with E-state index in [4.69, 9.17) is 0 Å². The van der Waals surface area contributed by atoms with Gasteiger partial charge in [-0.15, -0.1) is 22.7 Å². The molecule has 94 valence electrons. The number of thiophene rings is 2. The number of rotatable bonds is 4. The van der Waals surface area contributed by atoms with Gasteiger partial charge in [0, 0.05) is 27.2 Å². The average molecular weight is 279 g/mol. The van der Waals surface area contributed by atoms with E-state index in [-0.39, 0.29) is 0 Å². The van der Waals surface area contributed by atoms with Crippen molar-refractivity contribution in [1.82, 2.24) is 14.8 Å². The van der Waals surface area contributed by atoms with Gasteiger partial charge in [0.15, 0.2) is 0 Å². The topological polar surface area (TPSA) is 50.9 Å². The third-order valence-electron chi connectivity index (χ3n) is 2.86. The minimum Gasteiger partial charge on any atom is -0.387 e. The van der Waals surface area contributed by atoms with Crippen molar-refractivity contribution in [2.24, 2.45) is 0 Å². The lowest BCUT2D eigenvalue weighted by molar-refractivity contribution is 0.178. The second-order valence-corrected chi connectivity index (χ2v) is 6.07. The number of hydrogen-bond donors (Lipinski definition) is 1. The molecule has 0 aliphatic heterocycles. The van der Waals surface area contributed by atoms with Gasteiger partial charge in [0.1, 0.15) is 12.2 Å². The number of aliphatic hydroxyl groups excluding tert-OH is 1. The van der Waals surface area contributed by atoms with Crippen molar-refractivity contribution in [2.75, 3.05) is 0 Å². The summed E-state index contributed by atoms with van der Waals surface area (Å²) in [5, 5.41) is 16.5. The largest absolute Gasteiger partial charge is 0.387 e. The molecular weight excluding hydrogens is 266 g/mol. The predicted molar refractivity (Wildman–Crippen MR) is 74.1 cm³/mol. The fourth-order valence-corrected chi connectivity index (χ4v) is 4.04. The van der Waals surface area contributed by atoms with E-state index in [0.29, 0.717) is 6.42 Å². The number of aliphatic hydroxyl groups is 1. The maximum absolute atomic E-state index is 10.3. The average Bonchev–Trinajstić information content (AvgIpc) is 3.02. The molecule has 6 heteroatoms. The molecule has 0 aliphatic rings. The quantitative estimate of drug-likeness (QED) is 0.799. The first kappa shape index (κ1) is 11.8. The molecule has 0 bridgehead atoms. The Morgan fingerprint density at radius 2 is 2.33 bits per heavy atom. The molecule has 0 aromatic carbocycles. The summed E-state index contributed by atoms with van der Waals surface area (Å²) in [5.74, 6) is 0.835. The second kappa shape index (κ2) is 4.79. The van der Waals surface area contributed by atoms with Crippen LogP contribution in [0.25, 0.3) is 9.40 Å². The van der Waals surface area contributed by atoms with Crippen LogP contribution in [0.3, 0.4) is 0 Å². The predicted octanol–water partition coefficient (Wildman–Crippen LogP) is 2.85. The van der Waals surface area contributed by atoms with Crippen LogP contribution in [0.1, 0.15) is 23.7 Å². The highest BCUT2D eigenvalue weighted by Crippen LogP contribution is 2.34. The van der Waals surface area contributed by atoms with Gasteiger partial charge >= 0.3 is 0 Å². The van der Waals surface area contributed by atoms with Crippen LogP contribution in [0.2, 0.25) is 0 Å². The van der Waals surface area contributed by atoms with Crippen molar-refractivity contribution in [3.8, 4) is 0 Å². The van der Waals surface area contributed by atoms with Crippen LogP contribution >= 0.6 is 22.7 Å². The number of aryl methyl sites for hydroxylation is 1. The first-order valence-corrected chi connectivity index (χ1v) is 7.49. The Hall–Kier alpha value is -1.24. The van der Waals surface area contributed by atoms with Crippen LogP contribution in [-0.2, 0) is 13.0 Å². The van der Waals surface area contributed by atoms with Gasteiger partial charge in [0.2, 0.25) is 0 Å². The maximum atomic E-state index is 10.3. The number of fused-ring (bicyclic) bond motifs is 1. The Morgan fingerprint density at radius 1 is 1.44 bits per heavy atom. The molecule has 3 aromatic rings. The van der Waals surface area contributed by atoms with Crippen molar-refractivity contribution < 1.29 is 5.11 Å². The second-order valence-electron chi connectivity index (χ2n) is 4.01. The molecular formula is C12H13N3OS2. The van der Waals surface area contributed by atoms with Gasteiger partial charge in [-0.3, -0.25) is 4.68 Å². The molecule has 18 heavy (non-hydrogen) atoms. The van der Waals surface area contributed by atoms with Gasteiger partial charge in [0.05, 0.1) is 6.10 Å². The highest BCUT2D eigenvalue weighted by molar-refractivity contribution is 7.26. The highest BCUT2D eigenvalue weighted by Gasteiger charge is 2.15. The zero-order valence-corrected chi connectivity index (χ0v) is 11.5. The van der Waals surface area contributed by atoms with E-state index >= 15 is 0 Å². The number of hydrogen-bond acceptors (Lipinski definition) is 5. The van der Waals surface area contributed by atoms with Gasteiger partial charge < -0.3 is 5.11 Å². The molecule has 0 aliphatic carbocycles. The van der Waals surface area contributed by atoms with Crippen molar-refractivity contribution in [3.63, 3.8) is 0 Å². The normalized spacial score (nSPS) is 13.2. The van der Waals surface area contributed by atoms with Gasteiger partial charge in [0.25, 0.3) is 0 Å². The summed E-state index contributed by atoms with van der Waals surface area (Å²) in [6.45, 7) is 2.80. The minimum absolute atomic E-state index is 0.496. The Morgan fingerprint density at radius 3 is 3.11 bits per heavy atom. The highest BCUT2D eigenvalue weighted by atomic mass is 32.1. The molecule has 3 heterocycles. The molecule has 1 unspecified atom stereocenters. The molecule has 3 rings (SSSR count). The molecule has 0 spiro atoms. The molecule has 0 amide bonds. The van der Waals surface area contributed by atoms with Gasteiger partial charge in [-0.1, -0.05) is 0 Å². The van der Waals surface area contributed by atoms with Crippen LogP contribution in [0.5, 0.6) is 0 Å². The number of aromatic nitrogens is 3. The van der Waals surface area contributed by atoms with Crippen LogP contribution in [0.4, 0.5) is 0 Å². The summed E-state index contributed by atoms with van der Waals surface area (Å²) >= 11 is 3.36. The van der Waals surface area contributed by atoms with Crippen LogP contribution in [0.15, 0.2) is 23.8 Å². The lowest BCUT2D eigenvalue weighted by Gasteiger charge is -2.08. The molecule has 0 saturated carbocycles. The summed E-state index contributed by atoms with van der Waals surface area (Å²) in [4.78, 5) is 5.20. The molecule has 1 N–H and O–H groups in total. The van der Waals surface area contributed by atoms with E-state index in [9.17, 15) is 5.11 Å².